The van der Waals surface area contributed by atoms with E-state index in [1.807, 2.05) is 18.2 Å². The van der Waals surface area contributed by atoms with Crippen LogP contribution in [-0.4, -0.2) is 35.6 Å². The van der Waals surface area contributed by atoms with Gasteiger partial charge in [0.1, 0.15) is 0 Å². The van der Waals surface area contributed by atoms with Gasteiger partial charge in [-0.15, -0.1) is 0 Å². The third kappa shape index (κ3) is 7.55. The Balaban J connectivity index is 2.00. The lowest BCUT2D eigenvalue weighted by Crippen LogP contribution is -2.26. The van der Waals surface area contributed by atoms with Crippen molar-refractivity contribution in [3.63, 3.8) is 0 Å². The van der Waals surface area contributed by atoms with Crippen LogP contribution in [0.4, 0.5) is 13.2 Å². The molecule has 0 bridgehead atoms. The molecule has 0 aromatic heterocycles. The number of hydrazone groups is 1. The molecule has 0 aliphatic carbocycles. The van der Waals surface area contributed by atoms with Crippen LogP contribution in [0.25, 0.3) is 0 Å². The van der Waals surface area contributed by atoms with Gasteiger partial charge in [-0.25, -0.2) is 0 Å². The van der Waals surface area contributed by atoms with Gasteiger partial charge in [0.25, 0.3) is 0 Å². The second-order valence-electron chi connectivity index (χ2n) is 6.52. The monoisotopic (exact) mass is 437 g/mol. The SMILES string of the molecule is C/C=C/N(Cc1ccc(Cl)cc1C(F)(F)F)\N=C/C=C/C=C/C1=CCN(C=O)CC1. The Hall–Kier alpha value is -2.80. The Morgan fingerprint density at radius 1 is 1.27 bits per heavy atom. The van der Waals surface area contributed by atoms with Gasteiger partial charge in [-0.3, -0.25) is 9.80 Å². The Morgan fingerprint density at radius 3 is 2.70 bits per heavy atom. The first kappa shape index (κ1) is 23.5. The molecule has 0 atom stereocenters. The minimum absolute atomic E-state index is 0.0360. The maximum Gasteiger partial charge on any atom is 0.416 e. The molecule has 8 heteroatoms. The predicted octanol–water partition coefficient (Wildman–Crippen LogP) is 5.58. The zero-order valence-corrected chi connectivity index (χ0v) is 17.3. The maximum absolute atomic E-state index is 13.3. The molecular formula is C22H23ClF3N3O. The van der Waals surface area contributed by atoms with Gasteiger partial charge in [-0.2, -0.15) is 18.3 Å². The Bertz CT molecular complexity index is 873. The van der Waals surface area contributed by atoms with E-state index in [0.717, 1.165) is 24.5 Å². The Morgan fingerprint density at radius 2 is 2.07 bits per heavy atom. The summed E-state index contributed by atoms with van der Waals surface area (Å²) >= 11 is 5.73. The van der Waals surface area contributed by atoms with E-state index in [4.69, 9.17) is 11.6 Å². The van der Waals surface area contributed by atoms with Crippen molar-refractivity contribution in [2.45, 2.75) is 26.1 Å². The predicted molar refractivity (Wildman–Crippen MR) is 114 cm³/mol. The highest BCUT2D eigenvalue weighted by Crippen LogP contribution is 2.34. The lowest BCUT2D eigenvalue weighted by molar-refractivity contribution is -0.138. The number of allylic oxidation sites excluding steroid dienone is 5. The molecule has 1 aliphatic rings. The largest absolute Gasteiger partial charge is 0.416 e. The van der Waals surface area contributed by atoms with Gasteiger partial charge in [0.2, 0.25) is 6.41 Å². The number of carbonyl (C=O) groups excluding carboxylic acids is 1. The van der Waals surface area contributed by atoms with Crippen LogP contribution >= 0.6 is 11.6 Å². The van der Waals surface area contributed by atoms with Gasteiger partial charge in [0.15, 0.2) is 0 Å². The summed E-state index contributed by atoms with van der Waals surface area (Å²) in [4.78, 5) is 12.4. The van der Waals surface area contributed by atoms with Crippen LogP contribution in [0.1, 0.15) is 24.5 Å². The summed E-state index contributed by atoms with van der Waals surface area (Å²) in [7, 11) is 0. The smallest absolute Gasteiger partial charge is 0.341 e. The number of alkyl halides is 3. The summed E-state index contributed by atoms with van der Waals surface area (Å²) < 4.78 is 39.8. The number of amides is 1. The summed E-state index contributed by atoms with van der Waals surface area (Å²) in [6, 6.07) is 3.72. The zero-order chi connectivity index (χ0) is 22.0. The van der Waals surface area contributed by atoms with Crippen molar-refractivity contribution in [3.8, 4) is 0 Å². The fraction of sp³-hybridized carbons (Fsp3) is 0.273. The number of benzene rings is 1. The highest BCUT2D eigenvalue weighted by Gasteiger charge is 2.33. The van der Waals surface area contributed by atoms with Crippen LogP contribution in [0.3, 0.4) is 0 Å². The van der Waals surface area contributed by atoms with Crippen LogP contribution in [0, 0.1) is 0 Å². The third-order valence-corrected chi connectivity index (χ3v) is 4.52. The normalized spacial score (nSPS) is 15.6. The molecule has 1 aromatic carbocycles. The molecule has 0 saturated carbocycles. The quantitative estimate of drug-likeness (QED) is 0.230. The van der Waals surface area contributed by atoms with Gasteiger partial charge < -0.3 is 4.90 Å². The number of rotatable bonds is 8. The number of halogens is 4. The van der Waals surface area contributed by atoms with E-state index in [1.165, 1.54) is 23.4 Å². The molecule has 0 saturated heterocycles. The molecule has 1 heterocycles. The number of carbonyl (C=O) groups is 1. The van der Waals surface area contributed by atoms with Crippen molar-refractivity contribution in [1.82, 2.24) is 9.91 Å². The van der Waals surface area contributed by atoms with E-state index in [9.17, 15) is 18.0 Å². The molecule has 0 fully saturated rings. The van der Waals surface area contributed by atoms with Crippen molar-refractivity contribution in [2.24, 2.45) is 5.10 Å². The van der Waals surface area contributed by atoms with E-state index in [1.54, 1.807) is 36.3 Å². The minimum atomic E-state index is -4.49. The fourth-order valence-corrected chi connectivity index (χ4v) is 2.97. The Kier molecular flexibility index (Phi) is 8.92. The van der Waals surface area contributed by atoms with Crippen molar-refractivity contribution in [1.29, 1.82) is 0 Å². The fourth-order valence-electron chi connectivity index (χ4n) is 2.79. The molecule has 4 nitrogen and oxygen atoms in total. The van der Waals surface area contributed by atoms with Crippen molar-refractivity contribution in [3.05, 3.63) is 82.6 Å². The average molecular weight is 438 g/mol. The minimum Gasteiger partial charge on any atom is -0.341 e. The van der Waals surface area contributed by atoms with Crippen molar-refractivity contribution >= 4 is 24.2 Å². The molecule has 0 N–H and O–H groups in total. The van der Waals surface area contributed by atoms with Crippen LogP contribution in [-0.2, 0) is 17.5 Å². The summed E-state index contributed by atoms with van der Waals surface area (Å²) in [6.07, 6.45) is 11.2. The molecule has 0 radical (unpaired) electrons. The van der Waals surface area contributed by atoms with Crippen molar-refractivity contribution in [2.75, 3.05) is 13.1 Å². The second-order valence-corrected chi connectivity index (χ2v) is 6.95. The zero-order valence-electron chi connectivity index (χ0n) is 16.5. The van der Waals surface area contributed by atoms with Crippen LogP contribution in [0.2, 0.25) is 5.02 Å². The van der Waals surface area contributed by atoms with Crippen LogP contribution < -0.4 is 0 Å². The molecule has 1 aromatic rings. The molecular weight excluding hydrogens is 415 g/mol. The molecule has 1 amide bonds. The standard InChI is InChI=1S/C22H23ClF3N3O/c1-2-12-29(16-19-7-8-20(23)15-21(19)22(24,25)26)27-11-5-3-4-6-18-9-13-28(17-30)14-10-18/h2-9,11-12,15,17H,10,13-14,16H2,1H3/b5-3+,6-4+,12-2+,27-11-. The highest BCUT2D eigenvalue weighted by atomic mass is 35.5. The topological polar surface area (TPSA) is 35.9 Å². The van der Waals surface area contributed by atoms with E-state index >= 15 is 0 Å². The lowest BCUT2D eigenvalue weighted by Gasteiger charge is -2.20. The molecule has 0 spiro atoms. The lowest BCUT2D eigenvalue weighted by atomic mass is 10.1. The first-order valence-corrected chi connectivity index (χ1v) is 9.72. The number of hydrogen-bond donors (Lipinski definition) is 0. The summed E-state index contributed by atoms with van der Waals surface area (Å²) in [5.41, 5.74) is 0.458. The van der Waals surface area contributed by atoms with E-state index in [-0.39, 0.29) is 17.1 Å². The molecule has 1 aliphatic heterocycles. The third-order valence-electron chi connectivity index (χ3n) is 4.29. The highest BCUT2D eigenvalue weighted by molar-refractivity contribution is 6.30. The summed E-state index contributed by atoms with van der Waals surface area (Å²) in [6.45, 7) is 3.03. The number of nitrogens with zero attached hydrogens (tertiary/aromatic N) is 3. The summed E-state index contributed by atoms with van der Waals surface area (Å²) in [5.74, 6) is 0. The molecule has 0 unspecified atom stereocenters. The van der Waals surface area contributed by atoms with Gasteiger partial charge in [0.05, 0.1) is 12.1 Å². The van der Waals surface area contributed by atoms with E-state index < -0.39 is 11.7 Å². The summed E-state index contributed by atoms with van der Waals surface area (Å²) in [5, 5.41) is 5.66. The second kappa shape index (κ2) is 11.4. The average Bonchev–Trinajstić information content (AvgIpc) is 2.71. The Labute approximate surface area is 179 Å². The van der Waals surface area contributed by atoms with Gasteiger partial charge in [0, 0.05) is 30.5 Å². The maximum atomic E-state index is 13.3. The van der Waals surface area contributed by atoms with Gasteiger partial charge >= 0.3 is 6.18 Å². The van der Waals surface area contributed by atoms with Crippen LogP contribution in [0.5, 0.6) is 0 Å². The van der Waals surface area contributed by atoms with Gasteiger partial charge in [-0.1, -0.05) is 48.0 Å². The van der Waals surface area contributed by atoms with Crippen LogP contribution in [0.15, 0.2) is 71.5 Å². The van der Waals surface area contributed by atoms with Crippen molar-refractivity contribution < 1.29 is 18.0 Å². The molecule has 160 valence electrons. The molecule has 2 rings (SSSR count). The number of hydrogen-bond acceptors (Lipinski definition) is 3. The first-order chi connectivity index (χ1) is 14.3. The van der Waals surface area contributed by atoms with Gasteiger partial charge in [-0.05, 0) is 42.7 Å². The molecule has 30 heavy (non-hydrogen) atoms. The first-order valence-electron chi connectivity index (χ1n) is 9.34. The van der Waals surface area contributed by atoms with E-state index in [2.05, 4.69) is 5.10 Å². The van der Waals surface area contributed by atoms with E-state index in [0.29, 0.717) is 13.1 Å².